The van der Waals surface area contributed by atoms with Gasteiger partial charge in [-0.25, -0.2) is 0 Å². The van der Waals surface area contributed by atoms with Crippen molar-refractivity contribution in [3.8, 4) is 5.75 Å². The molecule has 1 aliphatic heterocycles. The van der Waals surface area contributed by atoms with E-state index in [1.54, 1.807) is 0 Å². The first-order valence-corrected chi connectivity index (χ1v) is 7.82. The zero-order valence-electron chi connectivity index (χ0n) is 12.9. The highest BCUT2D eigenvalue weighted by atomic mass is 16.5. The summed E-state index contributed by atoms with van der Waals surface area (Å²) in [5.41, 5.74) is 2.23. The highest BCUT2D eigenvalue weighted by Gasteiger charge is 2.23. The van der Waals surface area contributed by atoms with Gasteiger partial charge in [-0.1, -0.05) is 24.3 Å². The summed E-state index contributed by atoms with van der Waals surface area (Å²) in [4.78, 5) is 6.82. The third kappa shape index (κ3) is 3.64. The summed E-state index contributed by atoms with van der Waals surface area (Å²) >= 11 is 0. The molecule has 1 atom stereocenters. The number of para-hydroxylation sites is 1. The molecule has 1 aliphatic rings. The summed E-state index contributed by atoms with van der Waals surface area (Å²) in [6.07, 6.45) is 1.87. The van der Waals surface area contributed by atoms with Crippen LogP contribution in [0.3, 0.4) is 0 Å². The first-order chi connectivity index (χ1) is 10.9. The molecule has 2 heterocycles. The second-order valence-electron chi connectivity index (χ2n) is 5.39. The lowest BCUT2D eigenvalue weighted by molar-refractivity contribution is -0.0351. The smallest absolute Gasteiger partial charge is 0.123 e. The number of rotatable bonds is 5. The zero-order valence-corrected chi connectivity index (χ0v) is 12.9. The van der Waals surface area contributed by atoms with Gasteiger partial charge >= 0.3 is 0 Å². The van der Waals surface area contributed by atoms with Crippen LogP contribution in [0.2, 0.25) is 0 Å². The summed E-state index contributed by atoms with van der Waals surface area (Å²) in [7, 11) is 0. The molecule has 1 aromatic carbocycles. The average molecular weight is 298 g/mol. The van der Waals surface area contributed by atoms with E-state index in [0.29, 0.717) is 6.61 Å². The molecule has 0 amide bonds. The van der Waals surface area contributed by atoms with Crippen LogP contribution in [0.15, 0.2) is 48.7 Å². The van der Waals surface area contributed by atoms with Gasteiger partial charge in [0, 0.05) is 31.4 Å². The van der Waals surface area contributed by atoms with Gasteiger partial charge in [0.1, 0.15) is 11.9 Å². The van der Waals surface area contributed by atoms with Gasteiger partial charge in [-0.15, -0.1) is 0 Å². The van der Waals surface area contributed by atoms with E-state index >= 15 is 0 Å². The topological polar surface area (TPSA) is 34.6 Å². The fourth-order valence-electron chi connectivity index (χ4n) is 2.76. The van der Waals surface area contributed by atoms with Crippen molar-refractivity contribution in [3.63, 3.8) is 0 Å². The number of pyridine rings is 1. The number of aromatic nitrogens is 1. The highest BCUT2D eigenvalue weighted by molar-refractivity contribution is 5.33. The number of ether oxygens (including phenoxy) is 2. The standard InChI is InChI=1S/C18H22N2O2/c1-2-21-17-9-4-3-7-15(17)13-20-11-12-22-18(14-20)16-8-5-6-10-19-16/h3-10,18H,2,11-14H2,1H3/t18-/m1/s1. The van der Waals surface area contributed by atoms with Gasteiger partial charge in [-0.05, 0) is 25.1 Å². The Morgan fingerprint density at radius 2 is 2.09 bits per heavy atom. The molecule has 4 heteroatoms. The van der Waals surface area contributed by atoms with E-state index in [-0.39, 0.29) is 6.10 Å². The maximum Gasteiger partial charge on any atom is 0.123 e. The Morgan fingerprint density at radius 3 is 2.91 bits per heavy atom. The van der Waals surface area contributed by atoms with Crippen LogP contribution < -0.4 is 4.74 Å². The van der Waals surface area contributed by atoms with E-state index < -0.39 is 0 Å². The monoisotopic (exact) mass is 298 g/mol. The van der Waals surface area contributed by atoms with E-state index in [9.17, 15) is 0 Å². The van der Waals surface area contributed by atoms with E-state index in [1.807, 2.05) is 43.5 Å². The number of hydrogen-bond acceptors (Lipinski definition) is 4. The molecule has 116 valence electrons. The van der Waals surface area contributed by atoms with E-state index in [1.165, 1.54) is 5.56 Å². The van der Waals surface area contributed by atoms with E-state index in [0.717, 1.165) is 37.7 Å². The van der Waals surface area contributed by atoms with Crippen molar-refractivity contribution in [2.45, 2.75) is 19.6 Å². The normalized spacial score (nSPS) is 19.0. The Kier molecular flexibility index (Phi) is 5.03. The van der Waals surface area contributed by atoms with Gasteiger partial charge in [0.2, 0.25) is 0 Å². The fraction of sp³-hybridized carbons (Fsp3) is 0.389. The molecule has 1 aromatic heterocycles. The highest BCUT2D eigenvalue weighted by Crippen LogP contribution is 2.24. The van der Waals surface area contributed by atoms with Crippen LogP contribution in [0.1, 0.15) is 24.3 Å². The Bertz CT molecular complexity index is 589. The third-order valence-electron chi connectivity index (χ3n) is 3.83. The maximum absolute atomic E-state index is 5.87. The molecule has 0 spiro atoms. The minimum absolute atomic E-state index is 0.0502. The van der Waals surface area contributed by atoms with Crippen LogP contribution in [-0.4, -0.2) is 36.2 Å². The van der Waals surface area contributed by atoms with Gasteiger partial charge in [-0.3, -0.25) is 9.88 Å². The first kappa shape index (κ1) is 15.0. The number of hydrogen-bond donors (Lipinski definition) is 0. The average Bonchev–Trinajstić information content (AvgIpc) is 2.58. The Hall–Kier alpha value is -1.91. The molecule has 0 aliphatic carbocycles. The van der Waals surface area contributed by atoms with Crippen LogP contribution in [0, 0.1) is 0 Å². The largest absolute Gasteiger partial charge is 0.494 e. The lowest BCUT2D eigenvalue weighted by Gasteiger charge is -2.32. The number of benzene rings is 1. The van der Waals surface area contributed by atoms with Gasteiger partial charge in [0.25, 0.3) is 0 Å². The minimum Gasteiger partial charge on any atom is -0.494 e. The molecular formula is C18H22N2O2. The van der Waals surface area contributed by atoms with Crippen molar-refractivity contribution in [2.24, 2.45) is 0 Å². The van der Waals surface area contributed by atoms with E-state index in [4.69, 9.17) is 9.47 Å². The van der Waals surface area contributed by atoms with Crippen LogP contribution in [0.4, 0.5) is 0 Å². The van der Waals surface area contributed by atoms with Gasteiger partial charge in [0.15, 0.2) is 0 Å². The lowest BCUT2D eigenvalue weighted by atomic mass is 10.1. The van der Waals surface area contributed by atoms with Crippen LogP contribution in [0.5, 0.6) is 5.75 Å². The third-order valence-corrected chi connectivity index (χ3v) is 3.83. The van der Waals surface area contributed by atoms with Gasteiger partial charge in [0.05, 0.1) is 18.9 Å². The minimum atomic E-state index is 0.0502. The maximum atomic E-state index is 5.87. The molecule has 0 unspecified atom stereocenters. The SMILES string of the molecule is CCOc1ccccc1CN1CCO[C@@H](c2ccccn2)C1. The molecule has 0 saturated carbocycles. The number of nitrogens with zero attached hydrogens (tertiary/aromatic N) is 2. The number of morpholine rings is 1. The molecular weight excluding hydrogens is 276 g/mol. The molecule has 1 saturated heterocycles. The fourth-order valence-corrected chi connectivity index (χ4v) is 2.76. The van der Waals surface area contributed by atoms with Crippen LogP contribution in [-0.2, 0) is 11.3 Å². The van der Waals surface area contributed by atoms with Crippen molar-refractivity contribution in [1.29, 1.82) is 0 Å². The summed E-state index contributed by atoms with van der Waals surface area (Å²) < 4.78 is 11.6. The Balaban J connectivity index is 1.68. The molecule has 4 nitrogen and oxygen atoms in total. The first-order valence-electron chi connectivity index (χ1n) is 7.82. The predicted molar refractivity (Wildman–Crippen MR) is 85.8 cm³/mol. The van der Waals surface area contributed by atoms with Crippen molar-refractivity contribution in [1.82, 2.24) is 9.88 Å². The second-order valence-corrected chi connectivity index (χ2v) is 5.39. The van der Waals surface area contributed by atoms with Gasteiger partial charge in [-0.2, -0.15) is 0 Å². The van der Waals surface area contributed by atoms with Gasteiger partial charge < -0.3 is 9.47 Å². The van der Waals surface area contributed by atoms with Crippen molar-refractivity contribution in [2.75, 3.05) is 26.3 Å². The summed E-state index contributed by atoms with van der Waals surface area (Å²) in [5, 5.41) is 0. The predicted octanol–water partition coefficient (Wildman–Crippen LogP) is 3.05. The molecule has 0 N–H and O–H groups in total. The Labute approximate surface area is 131 Å². The summed E-state index contributed by atoms with van der Waals surface area (Å²) in [6, 6.07) is 14.2. The molecule has 1 fully saturated rings. The lowest BCUT2D eigenvalue weighted by Crippen LogP contribution is -2.38. The molecule has 2 aromatic rings. The van der Waals surface area contributed by atoms with Crippen molar-refractivity contribution >= 4 is 0 Å². The summed E-state index contributed by atoms with van der Waals surface area (Å²) in [5.74, 6) is 0.978. The molecule has 0 radical (unpaired) electrons. The second kappa shape index (κ2) is 7.38. The van der Waals surface area contributed by atoms with E-state index in [2.05, 4.69) is 22.0 Å². The molecule has 3 rings (SSSR count). The summed E-state index contributed by atoms with van der Waals surface area (Å²) in [6.45, 7) is 6.11. The Morgan fingerprint density at radius 1 is 1.23 bits per heavy atom. The van der Waals surface area contributed by atoms with Crippen LogP contribution in [0.25, 0.3) is 0 Å². The van der Waals surface area contributed by atoms with Crippen molar-refractivity contribution in [3.05, 3.63) is 59.9 Å². The molecule has 22 heavy (non-hydrogen) atoms. The van der Waals surface area contributed by atoms with Crippen LogP contribution >= 0.6 is 0 Å². The quantitative estimate of drug-likeness (QED) is 0.850. The molecule has 0 bridgehead atoms. The zero-order chi connectivity index (χ0) is 15.2. The van der Waals surface area contributed by atoms with Crippen molar-refractivity contribution < 1.29 is 9.47 Å².